The number of aromatic nitrogens is 3. The molecule has 5 heteroatoms. The molecule has 0 unspecified atom stereocenters. The van der Waals surface area contributed by atoms with Crippen LogP contribution in [0.5, 0.6) is 0 Å². The predicted molar refractivity (Wildman–Crippen MR) is 76.6 cm³/mol. The van der Waals surface area contributed by atoms with Crippen molar-refractivity contribution in [1.82, 2.24) is 14.6 Å². The number of anilines is 1. The molecule has 5 nitrogen and oxygen atoms in total. The lowest BCUT2D eigenvalue weighted by molar-refractivity contribution is 0.131. The van der Waals surface area contributed by atoms with Crippen LogP contribution in [0.15, 0.2) is 18.5 Å². The van der Waals surface area contributed by atoms with Gasteiger partial charge in [0, 0.05) is 19.8 Å². The first-order chi connectivity index (χ1) is 9.31. The Labute approximate surface area is 114 Å². The smallest absolute Gasteiger partial charge is 0.157 e. The monoisotopic (exact) mass is 262 g/mol. The molecule has 0 aliphatic carbocycles. The van der Waals surface area contributed by atoms with Crippen LogP contribution in [0.2, 0.25) is 0 Å². The Balaban J connectivity index is 1.79. The van der Waals surface area contributed by atoms with Gasteiger partial charge in [0.1, 0.15) is 12.1 Å². The fourth-order valence-corrected chi connectivity index (χ4v) is 1.92. The summed E-state index contributed by atoms with van der Waals surface area (Å²) in [6.45, 7) is 6.79. The summed E-state index contributed by atoms with van der Waals surface area (Å²) in [6.07, 6.45) is 4.90. The molecule has 1 N–H and O–H groups in total. The van der Waals surface area contributed by atoms with E-state index in [-0.39, 0.29) is 0 Å². The van der Waals surface area contributed by atoms with Crippen LogP contribution >= 0.6 is 0 Å². The minimum atomic E-state index is 0.805. The van der Waals surface area contributed by atoms with Gasteiger partial charge >= 0.3 is 0 Å². The second-order valence-electron chi connectivity index (χ2n) is 4.69. The fraction of sp³-hybridized carbons (Fsp3) is 0.571. The van der Waals surface area contributed by atoms with Gasteiger partial charge in [-0.15, -0.1) is 0 Å². The van der Waals surface area contributed by atoms with Gasteiger partial charge in [0.05, 0.1) is 0 Å². The zero-order valence-corrected chi connectivity index (χ0v) is 11.7. The van der Waals surface area contributed by atoms with Crippen LogP contribution in [0.4, 0.5) is 5.82 Å². The van der Waals surface area contributed by atoms with Crippen LogP contribution in [0.25, 0.3) is 5.65 Å². The van der Waals surface area contributed by atoms with Crippen LogP contribution in [0, 0.1) is 6.92 Å². The Bertz CT molecular complexity index is 509. The average Bonchev–Trinajstić information content (AvgIpc) is 2.85. The highest BCUT2D eigenvalue weighted by molar-refractivity contribution is 5.51. The molecule has 0 aliphatic rings. The van der Waals surface area contributed by atoms with E-state index in [9.17, 15) is 0 Å². The standard InChI is InChI=1S/C14H22N4O/c1-3-4-7-19-8-5-6-15-13-9-12(2)10-14-16-11-17-18(13)14/h9-11,15H,3-8H2,1-2H3. The van der Waals surface area contributed by atoms with Gasteiger partial charge in [-0.2, -0.15) is 9.61 Å². The van der Waals surface area contributed by atoms with E-state index in [0.29, 0.717) is 0 Å². The van der Waals surface area contributed by atoms with E-state index in [1.54, 1.807) is 6.33 Å². The van der Waals surface area contributed by atoms with E-state index in [0.717, 1.165) is 44.1 Å². The Morgan fingerprint density at radius 1 is 1.26 bits per heavy atom. The molecular formula is C14H22N4O. The van der Waals surface area contributed by atoms with Gasteiger partial charge in [0.15, 0.2) is 5.65 Å². The summed E-state index contributed by atoms with van der Waals surface area (Å²) < 4.78 is 7.36. The summed E-state index contributed by atoms with van der Waals surface area (Å²) in [4.78, 5) is 4.21. The van der Waals surface area contributed by atoms with Crippen LogP contribution in [-0.4, -0.2) is 34.4 Å². The zero-order valence-electron chi connectivity index (χ0n) is 11.7. The third-order valence-corrected chi connectivity index (χ3v) is 2.94. The largest absolute Gasteiger partial charge is 0.381 e. The molecular weight excluding hydrogens is 240 g/mol. The van der Waals surface area contributed by atoms with E-state index >= 15 is 0 Å². The van der Waals surface area contributed by atoms with E-state index in [4.69, 9.17) is 4.74 Å². The van der Waals surface area contributed by atoms with Crippen LogP contribution in [-0.2, 0) is 4.74 Å². The first kappa shape index (κ1) is 13.8. The first-order valence-corrected chi connectivity index (χ1v) is 6.93. The van der Waals surface area contributed by atoms with Gasteiger partial charge in [-0.1, -0.05) is 13.3 Å². The molecule has 2 heterocycles. The molecule has 0 saturated heterocycles. The Morgan fingerprint density at radius 2 is 2.11 bits per heavy atom. The molecule has 0 aliphatic heterocycles. The number of hydrogen-bond acceptors (Lipinski definition) is 4. The van der Waals surface area contributed by atoms with Crippen molar-refractivity contribution in [2.75, 3.05) is 25.1 Å². The van der Waals surface area contributed by atoms with Crippen molar-refractivity contribution in [3.63, 3.8) is 0 Å². The second-order valence-corrected chi connectivity index (χ2v) is 4.69. The zero-order chi connectivity index (χ0) is 13.5. The number of hydrogen-bond donors (Lipinski definition) is 1. The number of ether oxygens (including phenoxy) is 1. The molecule has 2 aromatic rings. The molecule has 0 bridgehead atoms. The minimum Gasteiger partial charge on any atom is -0.381 e. The highest BCUT2D eigenvalue weighted by Crippen LogP contribution is 2.12. The average molecular weight is 262 g/mol. The van der Waals surface area contributed by atoms with Crippen molar-refractivity contribution < 1.29 is 4.74 Å². The third-order valence-electron chi connectivity index (χ3n) is 2.94. The van der Waals surface area contributed by atoms with Crippen LogP contribution in [0.3, 0.4) is 0 Å². The number of nitrogens with one attached hydrogen (secondary N) is 1. The molecule has 0 radical (unpaired) electrons. The quantitative estimate of drug-likeness (QED) is 0.743. The Hall–Kier alpha value is -1.62. The van der Waals surface area contributed by atoms with E-state index in [1.165, 1.54) is 12.0 Å². The van der Waals surface area contributed by atoms with Gasteiger partial charge in [-0.3, -0.25) is 0 Å². The third kappa shape index (κ3) is 3.92. The summed E-state index contributed by atoms with van der Waals surface area (Å²) in [5, 5.41) is 7.60. The molecule has 0 fully saturated rings. The minimum absolute atomic E-state index is 0.805. The molecule has 104 valence electrons. The lowest BCUT2D eigenvalue weighted by Gasteiger charge is -2.09. The maximum absolute atomic E-state index is 5.53. The number of aryl methyl sites for hydroxylation is 1. The Morgan fingerprint density at radius 3 is 2.95 bits per heavy atom. The molecule has 0 atom stereocenters. The maximum Gasteiger partial charge on any atom is 0.157 e. The number of rotatable bonds is 8. The topological polar surface area (TPSA) is 51.5 Å². The van der Waals surface area contributed by atoms with Gasteiger partial charge < -0.3 is 10.1 Å². The van der Waals surface area contributed by atoms with Crippen molar-refractivity contribution in [3.8, 4) is 0 Å². The number of pyridine rings is 1. The molecule has 2 aromatic heterocycles. The van der Waals surface area contributed by atoms with Crippen LogP contribution < -0.4 is 5.32 Å². The number of nitrogens with zero attached hydrogens (tertiary/aromatic N) is 3. The summed E-state index contributed by atoms with van der Waals surface area (Å²) >= 11 is 0. The van der Waals surface area contributed by atoms with Crippen molar-refractivity contribution in [1.29, 1.82) is 0 Å². The van der Waals surface area contributed by atoms with Crippen molar-refractivity contribution >= 4 is 11.5 Å². The number of unbranched alkanes of at least 4 members (excludes halogenated alkanes) is 1. The van der Waals surface area contributed by atoms with Gasteiger partial charge in [0.2, 0.25) is 0 Å². The SMILES string of the molecule is CCCCOCCCNc1cc(C)cc2ncnn12. The summed E-state index contributed by atoms with van der Waals surface area (Å²) in [6, 6.07) is 4.10. The number of fused-ring (bicyclic) bond motifs is 1. The lowest BCUT2D eigenvalue weighted by Crippen LogP contribution is -2.09. The van der Waals surface area contributed by atoms with E-state index < -0.39 is 0 Å². The lowest BCUT2D eigenvalue weighted by atomic mass is 10.3. The maximum atomic E-state index is 5.53. The van der Waals surface area contributed by atoms with Gasteiger partial charge in [-0.05, 0) is 37.5 Å². The highest BCUT2D eigenvalue weighted by atomic mass is 16.5. The predicted octanol–water partition coefficient (Wildman–Crippen LogP) is 2.66. The van der Waals surface area contributed by atoms with E-state index in [1.807, 2.05) is 10.6 Å². The van der Waals surface area contributed by atoms with Gasteiger partial charge in [0.25, 0.3) is 0 Å². The van der Waals surface area contributed by atoms with Gasteiger partial charge in [-0.25, -0.2) is 4.98 Å². The van der Waals surface area contributed by atoms with E-state index in [2.05, 4.69) is 35.3 Å². The Kier molecular flexibility index (Phi) is 5.15. The fourth-order valence-electron chi connectivity index (χ4n) is 1.92. The molecule has 19 heavy (non-hydrogen) atoms. The molecule has 0 spiro atoms. The van der Waals surface area contributed by atoms with Crippen LogP contribution in [0.1, 0.15) is 31.7 Å². The second kappa shape index (κ2) is 7.09. The molecule has 0 amide bonds. The van der Waals surface area contributed by atoms with Crippen molar-refractivity contribution in [3.05, 3.63) is 24.0 Å². The highest BCUT2D eigenvalue weighted by Gasteiger charge is 2.03. The first-order valence-electron chi connectivity index (χ1n) is 6.93. The molecule has 0 saturated carbocycles. The van der Waals surface area contributed by atoms with Crippen molar-refractivity contribution in [2.45, 2.75) is 33.1 Å². The summed E-state index contributed by atoms with van der Waals surface area (Å²) in [5.41, 5.74) is 2.06. The molecule has 2 rings (SSSR count). The normalized spacial score (nSPS) is 11.1. The summed E-state index contributed by atoms with van der Waals surface area (Å²) in [7, 11) is 0. The summed E-state index contributed by atoms with van der Waals surface area (Å²) in [5.74, 6) is 0.987. The van der Waals surface area contributed by atoms with Crippen molar-refractivity contribution in [2.24, 2.45) is 0 Å². The molecule has 0 aromatic carbocycles.